The summed E-state index contributed by atoms with van der Waals surface area (Å²) in [7, 11) is 0. The van der Waals surface area contributed by atoms with Crippen molar-refractivity contribution in [2.45, 2.75) is 33.1 Å². The third-order valence-corrected chi connectivity index (χ3v) is 2.67. The lowest BCUT2D eigenvalue weighted by Crippen LogP contribution is -2.26. The van der Waals surface area contributed by atoms with Gasteiger partial charge >= 0.3 is 0 Å². The first-order valence-corrected chi connectivity index (χ1v) is 7.33. The topological polar surface area (TPSA) is 63.2 Å². The summed E-state index contributed by atoms with van der Waals surface area (Å²) in [5.41, 5.74) is 1.39. The van der Waals surface area contributed by atoms with Crippen molar-refractivity contribution >= 4 is 11.6 Å². The van der Waals surface area contributed by atoms with Crippen LogP contribution >= 0.6 is 0 Å². The van der Waals surface area contributed by atoms with Crippen molar-refractivity contribution in [2.24, 2.45) is 0 Å². The molecule has 0 aliphatic carbocycles. The van der Waals surface area contributed by atoms with Crippen LogP contribution in [0.1, 0.15) is 43.6 Å². The lowest BCUT2D eigenvalue weighted by molar-refractivity contribution is 0.0936. The van der Waals surface area contributed by atoms with Crippen molar-refractivity contribution in [3.8, 4) is 0 Å². The van der Waals surface area contributed by atoms with E-state index in [0.717, 1.165) is 38.1 Å². The van der Waals surface area contributed by atoms with Gasteiger partial charge in [-0.2, -0.15) is 0 Å². The van der Waals surface area contributed by atoms with E-state index in [9.17, 15) is 4.79 Å². The van der Waals surface area contributed by atoms with E-state index in [1.807, 2.05) is 6.07 Å². The van der Waals surface area contributed by atoms with Gasteiger partial charge in [-0.25, -0.2) is 4.98 Å². The minimum Gasteiger partial charge on any atom is -0.384 e. The maximum atomic E-state index is 11.8. The molecule has 0 aliphatic rings. The zero-order valence-corrected chi connectivity index (χ0v) is 12.4. The summed E-state index contributed by atoms with van der Waals surface area (Å²) in [4.78, 5) is 16.0. The molecule has 1 rings (SSSR count). The van der Waals surface area contributed by atoms with Crippen LogP contribution in [0.2, 0.25) is 0 Å². The number of rotatable bonds is 10. The molecule has 0 aliphatic heterocycles. The Hall–Kier alpha value is -1.62. The fourth-order valence-corrected chi connectivity index (χ4v) is 1.62. The second-order valence-electron chi connectivity index (χ2n) is 4.58. The Morgan fingerprint density at radius 3 is 2.70 bits per heavy atom. The Balaban J connectivity index is 2.25. The maximum absolute atomic E-state index is 11.8. The predicted octanol–water partition coefficient (Wildman–Crippen LogP) is 2.45. The van der Waals surface area contributed by atoms with Gasteiger partial charge in [-0.1, -0.05) is 13.8 Å². The fourth-order valence-electron chi connectivity index (χ4n) is 1.62. The second kappa shape index (κ2) is 10.2. The van der Waals surface area contributed by atoms with Gasteiger partial charge in [0.05, 0.1) is 11.9 Å². The minimum atomic E-state index is -0.137. The average Bonchev–Trinajstić information content (AvgIpc) is 2.49. The highest BCUT2D eigenvalue weighted by Gasteiger charge is 2.05. The van der Waals surface area contributed by atoms with E-state index in [0.29, 0.717) is 18.8 Å². The monoisotopic (exact) mass is 279 g/mol. The molecule has 5 heteroatoms. The summed E-state index contributed by atoms with van der Waals surface area (Å²) in [6.07, 6.45) is 4.59. The molecule has 1 aromatic rings. The minimum absolute atomic E-state index is 0.137. The molecule has 20 heavy (non-hydrogen) atoms. The SMILES string of the molecule is CCCNc1ccc(C(=O)NCCCOCCC)nc1. The standard InChI is InChI=1S/C15H25N3O2/c1-3-8-16-13-6-7-14(18-12-13)15(19)17-9-5-11-20-10-4-2/h6-7,12,16H,3-5,8-11H2,1-2H3,(H,17,19). The van der Waals surface area contributed by atoms with Crippen molar-refractivity contribution in [1.29, 1.82) is 0 Å². The number of nitrogens with one attached hydrogen (secondary N) is 2. The molecule has 0 saturated carbocycles. The van der Waals surface area contributed by atoms with E-state index >= 15 is 0 Å². The molecule has 0 spiro atoms. The summed E-state index contributed by atoms with van der Waals surface area (Å²) in [6, 6.07) is 3.61. The first kappa shape index (κ1) is 16.4. The van der Waals surface area contributed by atoms with Crippen molar-refractivity contribution in [3.63, 3.8) is 0 Å². The number of hydrogen-bond donors (Lipinski definition) is 2. The van der Waals surface area contributed by atoms with Crippen LogP contribution < -0.4 is 10.6 Å². The summed E-state index contributed by atoms with van der Waals surface area (Å²) in [5, 5.41) is 6.06. The van der Waals surface area contributed by atoms with Gasteiger partial charge in [-0.15, -0.1) is 0 Å². The molecule has 1 aromatic heterocycles. The summed E-state index contributed by atoms with van der Waals surface area (Å²) in [5.74, 6) is -0.137. The lowest BCUT2D eigenvalue weighted by Gasteiger charge is -2.07. The number of carbonyl (C=O) groups is 1. The van der Waals surface area contributed by atoms with E-state index in [2.05, 4.69) is 29.5 Å². The molecule has 1 heterocycles. The Morgan fingerprint density at radius 2 is 2.05 bits per heavy atom. The van der Waals surface area contributed by atoms with Crippen LogP contribution in [0.3, 0.4) is 0 Å². The Morgan fingerprint density at radius 1 is 1.20 bits per heavy atom. The normalized spacial score (nSPS) is 10.3. The van der Waals surface area contributed by atoms with Gasteiger partial charge in [-0.3, -0.25) is 4.79 Å². The van der Waals surface area contributed by atoms with E-state index in [1.165, 1.54) is 0 Å². The van der Waals surface area contributed by atoms with Crippen LogP contribution in [0.5, 0.6) is 0 Å². The number of carbonyl (C=O) groups excluding carboxylic acids is 1. The van der Waals surface area contributed by atoms with Crippen molar-refractivity contribution < 1.29 is 9.53 Å². The van der Waals surface area contributed by atoms with Crippen molar-refractivity contribution in [1.82, 2.24) is 10.3 Å². The molecule has 5 nitrogen and oxygen atoms in total. The van der Waals surface area contributed by atoms with Crippen LogP contribution in [0.4, 0.5) is 5.69 Å². The van der Waals surface area contributed by atoms with E-state index in [4.69, 9.17) is 4.74 Å². The molecule has 112 valence electrons. The molecule has 0 aromatic carbocycles. The molecule has 0 saturated heterocycles. The molecule has 0 unspecified atom stereocenters. The second-order valence-corrected chi connectivity index (χ2v) is 4.58. The maximum Gasteiger partial charge on any atom is 0.269 e. The van der Waals surface area contributed by atoms with Gasteiger partial charge in [0.25, 0.3) is 5.91 Å². The Labute approximate surface area is 121 Å². The molecular weight excluding hydrogens is 254 g/mol. The molecular formula is C15H25N3O2. The number of aromatic nitrogens is 1. The highest BCUT2D eigenvalue weighted by molar-refractivity contribution is 5.92. The van der Waals surface area contributed by atoms with Crippen LogP contribution in [-0.2, 0) is 4.74 Å². The molecule has 2 N–H and O–H groups in total. The van der Waals surface area contributed by atoms with Crippen LogP contribution in [0, 0.1) is 0 Å². The third-order valence-electron chi connectivity index (χ3n) is 2.67. The van der Waals surface area contributed by atoms with Crippen molar-refractivity contribution in [3.05, 3.63) is 24.0 Å². The van der Waals surface area contributed by atoms with E-state index < -0.39 is 0 Å². The van der Waals surface area contributed by atoms with Crippen molar-refractivity contribution in [2.75, 3.05) is 31.6 Å². The van der Waals surface area contributed by atoms with Gasteiger partial charge in [0.2, 0.25) is 0 Å². The lowest BCUT2D eigenvalue weighted by atomic mass is 10.3. The smallest absolute Gasteiger partial charge is 0.269 e. The van der Waals surface area contributed by atoms with Gasteiger partial charge < -0.3 is 15.4 Å². The number of ether oxygens (including phenoxy) is 1. The van der Waals surface area contributed by atoms with E-state index in [1.54, 1.807) is 12.3 Å². The molecule has 0 bridgehead atoms. The fraction of sp³-hybridized carbons (Fsp3) is 0.600. The molecule has 0 atom stereocenters. The number of anilines is 1. The largest absolute Gasteiger partial charge is 0.384 e. The number of amides is 1. The number of hydrogen-bond acceptors (Lipinski definition) is 4. The molecule has 1 amide bonds. The highest BCUT2D eigenvalue weighted by Crippen LogP contribution is 2.06. The third kappa shape index (κ3) is 6.52. The number of nitrogens with zero attached hydrogens (tertiary/aromatic N) is 1. The Kier molecular flexibility index (Phi) is 8.38. The summed E-state index contributed by atoms with van der Waals surface area (Å²) < 4.78 is 5.35. The predicted molar refractivity (Wildman–Crippen MR) is 81.1 cm³/mol. The van der Waals surface area contributed by atoms with Crippen LogP contribution in [-0.4, -0.2) is 37.2 Å². The van der Waals surface area contributed by atoms with Gasteiger partial charge in [0.1, 0.15) is 5.69 Å². The summed E-state index contributed by atoms with van der Waals surface area (Å²) >= 11 is 0. The van der Waals surface area contributed by atoms with Gasteiger partial charge in [-0.05, 0) is 31.4 Å². The zero-order valence-electron chi connectivity index (χ0n) is 12.4. The van der Waals surface area contributed by atoms with Crippen LogP contribution in [0.25, 0.3) is 0 Å². The first-order chi connectivity index (χ1) is 9.77. The van der Waals surface area contributed by atoms with E-state index in [-0.39, 0.29) is 5.91 Å². The average molecular weight is 279 g/mol. The van der Waals surface area contributed by atoms with Gasteiger partial charge in [0, 0.05) is 26.3 Å². The zero-order chi connectivity index (χ0) is 14.6. The van der Waals surface area contributed by atoms with Gasteiger partial charge in [0.15, 0.2) is 0 Å². The van der Waals surface area contributed by atoms with Crippen LogP contribution in [0.15, 0.2) is 18.3 Å². The number of pyridine rings is 1. The Bertz CT molecular complexity index is 379. The quantitative estimate of drug-likeness (QED) is 0.646. The molecule has 0 fully saturated rings. The highest BCUT2D eigenvalue weighted by atomic mass is 16.5. The molecule has 0 radical (unpaired) electrons. The first-order valence-electron chi connectivity index (χ1n) is 7.33. The summed E-state index contributed by atoms with van der Waals surface area (Å²) in [6.45, 7) is 7.16.